The lowest BCUT2D eigenvalue weighted by molar-refractivity contribution is -0.129. The molecule has 4 atom stereocenters. The van der Waals surface area contributed by atoms with Gasteiger partial charge in [0.2, 0.25) is 0 Å². The zero-order valence-electron chi connectivity index (χ0n) is 8.16. The highest BCUT2D eigenvalue weighted by Crippen LogP contribution is 2.45. The van der Waals surface area contributed by atoms with Crippen molar-refractivity contribution in [3.63, 3.8) is 0 Å². The summed E-state index contributed by atoms with van der Waals surface area (Å²) in [6.07, 6.45) is 2.76. The maximum Gasteiger partial charge on any atom is 0.140 e. The molecule has 3 aliphatic carbocycles. The smallest absolute Gasteiger partial charge is 0.140 e. The number of aliphatic hydroxyl groups excluding tert-OH is 1. The van der Waals surface area contributed by atoms with E-state index in [1.54, 1.807) is 0 Å². The van der Waals surface area contributed by atoms with Crippen LogP contribution in [-0.2, 0) is 4.79 Å². The first-order chi connectivity index (χ1) is 6.15. The molecule has 1 N–H and O–H groups in total. The third-order valence-electron chi connectivity index (χ3n) is 3.79. The average molecular weight is 180 g/mol. The lowest BCUT2D eigenvalue weighted by Crippen LogP contribution is -2.44. The Morgan fingerprint density at radius 3 is 2.92 bits per heavy atom. The highest BCUT2D eigenvalue weighted by molar-refractivity contribution is 5.86. The third kappa shape index (κ3) is 1.16. The van der Waals surface area contributed by atoms with Crippen molar-refractivity contribution >= 4 is 5.78 Å². The number of fused-ring (bicyclic) bond motifs is 2. The molecule has 0 aliphatic heterocycles. The second kappa shape index (κ2) is 2.95. The first-order valence-electron chi connectivity index (χ1n) is 4.97. The lowest BCUT2D eigenvalue weighted by Gasteiger charge is -2.44. The van der Waals surface area contributed by atoms with E-state index in [0.29, 0.717) is 30.0 Å². The first kappa shape index (κ1) is 8.95. The molecule has 72 valence electrons. The zero-order chi connectivity index (χ0) is 9.59. The van der Waals surface area contributed by atoms with Gasteiger partial charge in [-0.15, -0.1) is 0 Å². The topological polar surface area (TPSA) is 37.3 Å². The van der Waals surface area contributed by atoms with Gasteiger partial charge in [0.15, 0.2) is 0 Å². The molecule has 0 aromatic heterocycles. The predicted molar refractivity (Wildman–Crippen MR) is 50.1 cm³/mol. The summed E-state index contributed by atoms with van der Waals surface area (Å²) in [4.78, 5) is 11.5. The maximum atomic E-state index is 11.5. The summed E-state index contributed by atoms with van der Waals surface area (Å²) in [6.45, 7) is 4.39. The molecular formula is C11H16O2. The molecule has 2 heteroatoms. The van der Waals surface area contributed by atoms with Crippen LogP contribution >= 0.6 is 0 Å². The highest BCUT2D eigenvalue weighted by Gasteiger charge is 2.44. The van der Waals surface area contributed by atoms with Crippen LogP contribution < -0.4 is 0 Å². The molecule has 0 heterocycles. The minimum atomic E-state index is 0.0853. The third-order valence-corrected chi connectivity index (χ3v) is 3.79. The van der Waals surface area contributed by atoms with Gasteiger partial charge in [0, 0.05) is 18.9 Å². The molecule has 3 rings (SSSR count). The Labute approximate surface area is 78.6 Å². The molecule has 1 fully saturated rings. The number of hydrogen-bond acceptors (Lipinski definition) is 2. The van der Waals surface area contributed by atoms with Crippen molar-refractivity contribution in [1.29, 1.82) is 0 Å². The summed E-state index contributed by atoms with van der Waals surface area (Å²) in [5.41, 5.74) is 1.31. The summed E-state index contributed by atoms with van der Waals surface area (Å²) in [5.74, 6) is 1.42. The Morgan fingerprint density at radius 2 is 2.31 bits per heavy atom. The quantitative estimate of drug-likeness (QED) is 0.619. The normalized spacial score (nSPS) is 43.6. The van der Waals surface area contributed by atoms with Crippen LogP contribution in [0.2, 0.25) is 0 Å². The number of rotatable bonds is 1. The van der Waals surface area contributed by atoms with Crippen molar-refractivity contribution in [1.82, 2.24) is 0 Å². The van der Waals surface area contributed by atoms with Gasteiger partial charge >= 0.3 is 0 Å². The van der Waals surface area contributed by atoms with E-state index < -0.39 is 0 Å². The van der Waals surface area contributed by atoms with Gasteiger partial charge in [-0.1, -0.05) is 18.6 Å². The standard InChI is InChI=1S/C11H16O2/c1-6-3-9-7(2)10(5-12)8(6)4-11(9)13/h3,7-10,12H,4-5H2,1-2H3/t7-,8+,9-,10+/m1/s1. The zero-order valence-corrected chi connectivity index (χ0v) is 8.16. The van der Waals surface area contributed by atoms with Gasteiger partial charge < -0.3 is 5.11 Å². The molecule has 0 aromatic rings. The minimum Gasteiger partial charge on any atom is -0.396 e. The van der Waals surface area contributed by atoms with Gasteiger partial charge in [-0.3, -0.25) is 4.79 Å². The lowest BCUT2D eigenvalue weighted by atomic mass is 9.60. The van der Waals surface area contributed by atoms with Gasteiger partial charge in [-0.25, -0.2) is 0 Å². The SMILES string of the molecule is CC1=C[C@H]2C(=O)C[C@@H]1[C@@H](CO)[C@@H]2C. The van der Waals surface area contributed by atoms with E-state index in [1.165, 1.54) is 5.57 Å². The van der Waals surface area contributed by atoms with E-state index in [1.807, 2.05) is 0 Å². The van der Waals surface area contributed by atoms with E-state index in [0.717, 1.165) is 0 Å². The number of hydrogen-bond donors (Lipinski definition) is 1. The molecule has 0 unspecified atom stereocenters. The fraction of sp³-hybridized carbons (Fsp3) is 0.727. The van der Waals surface area contributed by atoms with Crippen molar-refractivity contribution in [3.8, 4) is 0 Å². The second-order valence-electron chi connectivity index (χ2n) is 4.42. The number of aliphatic hydroxyl groups is 1. The van der Waals surface area contributed by atoms with Crippen molar-refractivity contribution in [3.05, 3.63) is 11.6 Å². The van der Waals surface area contributed by atoms with Gasteiger partial charge in [0.05, 0.1) is 0 Å². The van der Waals surface area contributed by atoms with Gasteiger partial charge in [-0.05, 0) is 24.7 Å². The Balaban J connectivity index is 2.35. The predicted octanol–water partition coefficient (Wildman–Crippen LogP) is 1.40. The first-order valence-corrected chi connectivity index (χ1v) is 4.97. The molecule has 0 aromatic carbocycles. The monoisotopic (exact) mass is 180 g/mol. The molecule has 0 spiro atoms. The second-order valence-corrected chi connectivity index (χ2v) is 4.42. The number of allylic oxidation sites excluding steroid dienone is 2. The van der Waals surface area contributed by atoms with Crippen LogP contribution in [0.5, 0.6) is 0 Å². The number of ketones is 1. The summed E-state index contributed by atoms with van der Waals surface area (Å²) in [5, 5.41) is 9.25. The average Bonchev–Trinajstić information content (AvgIpc) is 2.09. The van der Waals surface area contributed by atoms with Crippen LogP contribution in [0.15, 0.2) is 11.6 Å². The summed E-state index contributed by atoms with van der Waals surface area (Å²) in [7, 11) is 0. The molecule has 1 saturated carbocycles. The van der Waals surface area contributed by atoms with E-state index in [-0.39, 0.29) is 12.5 Å². The molecule has 0 amide bonds. The Kier molecular flexibility index (Phi) is 2.03. The molecule has 3 aliphatic rings. The summed E-state index contributed by atoms with van der Waals surface area (Å²) < 4.78 is 0. The van der Waals surface area contributed by atoms with Gasteiger partial charge in [0.1, 0.15) is 5.78 Å². The van der Waals surface area contributed by atoms with Crippen LogP contribution in [0.3, 0.4) is 0 Å². The largest absolute Gasteiger partial charge is 0.396 e. The summed E-state index contributed by atoms with van der Waals surface area (Å²) in [6, 6.07) is 0. The number of Topliss-reactive ketones (excluding diaryl/α,β-unsaturated/α-hetero) is 1. The van der Waals surface area contributed by atoms with Crippen LogP contribution in [0, 0.1) is 23.7 Å². The van der Waals surface area contributed by atoms with Crippen molar-refractivity contribution in [2.45, 2.75) is 20.3 Å². The van der Waals surface area contributed by atoms with E-state index >= 15 is 0 Å². The fourth-order valence-corrected chi connectivity index (χ4v) is 2.87. The molecule has 2 bridgehead atoms. The number of carbonyl (C=O) groups is 1. The summed E-state index contributed by atoms with van der Waals surface area (Å²) >= 11 is 0. The highest BCUT2D eigenvalue weighted by atomic mass is 16.3. The van der Waals surface area contributed by atoms with Crippen molar-refractivity contribution in [2.75, 3.05) is 6.61 Å². The van der Waals surface area contributed by atoms with E-state index in [9.17, 15) is 9.90 Å². The van der Waals surface area contributed by atoms with Crippen LogP contribution in [0.25, 0.3) is 0 Å². The molecule has 0 saturated heterocycles. The van der Waals surface area contributed by atoms with Gasteiger partial charge in [0.25, 0.3) is 0 Å². The van der Waals surface area contributed by atoms with Crippen molar-refractivity contribution < 1.29 is 9.90 Å². The molecular weight excluding hydrogens is 164 g/mol. The molecule has 0 radical (unpaired) electrons. The Hall–Kier alpha value is -0.630. The van der Waals surface area contributed by atoms with Crippen molar-refractivity contribution in [2.24, 2.45) is 23.7 Å². The van der Waals surface area contributed by atoms with E-state index in [2.05, 4.69) is 19.9 Å². The maximum absolute atomic E-state index is 11.5. The fourth-order valence-electron chi connectivity index (χ4n) is 2.87. The van der Waals surface area contributed by atoms with Gasteiger partial charge in [-0.2, -0.15) is 0 Å². The molecule has 2 nitrogen and oxygen atoms in total. The van der Waals surface area contributed by atoms with Crippen LogP contribution in [-0.4, -0.2) is 17.5 Å². The van der Waals surface area contributed by atoms with Crippen LogP contribution in [0.1, 0.15) is 20.3 Å². The van der Waals surface area contributed by atoms with E-state index in [4.69, 9.17) is 0 Å². The Bertz CT molecular complexity index is 267. The minimum absolute atomic E-state index is 0.0853. The number of carbonyl (C=O) groups excluding carboxylic acids is 1. The Morgan fingerprint density at radius 1 is 1.62 bits per heavy atom. The molecule has 13 heavy (non-hydrogen) atoms. The van der Waals surface area contributed by atoms with Crippen LogP contribution in [0.4, 0.5) is 0 Å².